The zero-order valence-corrected chi connectivity index (χ0v) is 9.36. The average Bonchev–Trinajstić information content (AvgIpc) is 2.78. The van der Waals surface area contributed by atoms with Crippen molar-refractivity contribution in [3.63, 3.8) is 0 Å². The number of aromatic nitrogens is 2. The van der Waals surface area contributed by atoms with Crippen molar-refractivity contribution in [1.29, 1.82) is 0 Å². The Morgan fingerprint density at radius 1 is 1.53 bits per heavy atom. The Bertz CT molecular complexity index is 306. The van der Waals surface area contributed by atoms with Crippen LogP contribution in [0.4, 0.5) is 5.95 Å². The molecule has 84 valence electrons. The molecule has 0 spiro atoms. The molecule has 1 saturated heterocycles. The van der Waals surface area contributed by atoms with Crippen molar-refractivity contribution in [2.75, 3.05) is 25.0 Å². The number of hydrogen-bond acceptors (Lipinski definition) is 5. The van der Waals surface area contributed by atoms with Gasteiger partial charge < -0.3 is 14.7 Å². The van der Waals surface area contributed by atoms with Gasteiger partial charge in [-0.1, -0.05) is 6.42 Å². The smallest absolute Gasteiger partial charge is 0.265 e. The minimum Gasteiger partial charge on any atom is -0.342 e. The summed E-state index contributed by atoms with van der Waals surface area (Å²) in [6, 6.07) is 0.255. The molecule has 1 fully saturated rings. The van der Waals surface area contributed by atoms with Gasteiger partial charge in [0.05, 0.1) is 6.04 Å². The van der Waals surface area contributed by atoms with E-state index in [0.29, 0.717) is 5.95 Å². The number of nitrogens with zero attached hydrogens (tertiary/aromatic N) is 3. The first-order valence-electron chi connectivity index (χ1n) is 5.59. The van der Waals surface area contributed by atoms with Crippen LogP contribution in [0.5, 0.6) is 0 Å². The highest BCUT2D eigenvalue weighted by atomic mass is 16.5. The zero-order valence-electron chi connectivity index (χ0n) is 9.36. The van der Waals surface area contributed by atoms with Gasteiger partial charge in [-0.3, -0.25) is 0 Å². The first kappa shape index (κ1) is 10.4. The lowest BCUT2D eigenvalue weighted by Gasteiger charge is -2.19. The quantitative estimate of drug-likeness (QED) is 0.816. The van der Waals surface area contributed by atoms with Gasteiger partial charge >= 0.3 is 0 Å². The van der Waals surface area contributed by atoms with Crippen LogP contribution in [0.15, 0.2) is 4.52 Å². The van der Waals surface area contributed by atoms with Crippen LogP contribution in [-0.2, 0) is 0 Å². The Hall–Kier alpha value is -1.10. The Balaban J connectivity index is 2.05. The molecule has 1 aliphatic heterocycles. The number of rotatable bonds is 3. The Labute approximate surface area is 89.8 Å². The highest BCUT2D eigenvalue weighted by Gasteiger charge is 2.21. The van der Waals surface area contributed by atoms with Gasteiger partial charge in [0.2, 0.25) is 5.89 Å². The number of hydrogen-bond donors (Lipinski definition) is 1. The van der Waals surface area contributed by atoms with Crippen molar-refractivity contribution < 1.29 is 4.52 Å². The second kappa shape index (κ2) is 4.61. The summed E-state index contributed by atoms with van der Waals surface area (Å²) in [7, 11) is 1.96. The molecule has 0 unspecified atom stereocenters. The predicted molar refractivity (Wildman–Crippen MR) is 57.8 cm³/mol. The zero-order chi connectivity index (χ0) is 10.7. The van der Waals surface area contributed by atoms with Crippen molar-refractivity contribution in [2.45, 2.75) is 32.2 Å². The fraction of sp³-hybridized carbons (Fsp3) is 0.800. The third-order valence-corrected chi connectivity index (χ3v) is 2.86. The van der Waals surface area contributed by atoms with E-state index in [1.54, 1.807) is 0 Å². The molecule has 0 aromatic carbocycles. The molecule has 1 aliphatic rings. The van der Waals surface area contributed by atoms with Crippen LogP contribution >= 0.6 is 0 Å². The van der Waals surface area contributed by atoms with Crippen molar-refractivity contribution in [1.82, 2.24) is 15.5 Å². The van der Waals surface area contributed by atoms with Gasteiger partial charge in [0.15, 0.2) is 0 Å². The number of piperidine rings is 1. The van der Waals surface area contributed by atoms with E-state index in [1.165, 1.54) is 12.8 Å². The van der Waals surface area contributed by atoms with Gasteiger partial charge in [0.25, 0.3) is 5.95 Å². The summed E-state index contributed by atoms with van der Waals surface area (Å²) < 4.78 is 5.26. The number of nitrogens with one attached hydrogen (secondary N) is 1. The van der Waals surface area contributed by atoms with Crippen LogP contribution in [0.1, 0.15) is 38.1 Å². The molecule has 5 heteroatoms. The monoisotopic (exact) mass is 210 g/mol. The number of anilines is 1. The summed E-state index contributed by atoms with van der Waals surface area (Å²) in [6.07, 6.45) is 3.57. The maximum absolute atomic E-state index is 5.26. The highest BCUT2D eigenvalue weighted by Crippen LogP contribution is 2.22. The van der Waals surface area contributed by atoms with Crippen molar-refractivity contribution in [2.24, 2.45) is 0 Å². The van der Waals surface area contributed by atoms with Crippen LogP contribution in [0.2, 0.25) is 0 Å². The molecule has 0 amide bonds. The molecule has 0 aliphatic carbocycles. The van der Waals surface area contributed by atoms with Crippen molar-refractivity contribution in [3.8, 4) is 0 Å². The van der Waals surface area contributed by atoms with Gasteiger partial charge in [0.1, 0.15) is 0 Å². The van der Waals surface area contributed by atoms with Crippen LogP contribution in [0.25, 0.3) is 0 Å². The molecule has 0 saturated carbocycles. The lowest BCUT2D eigenvalue weighted by atomic mass is 10.1. The molecule has 1 aromatic rings. The average molecular weight is 210 g/mol. The van der Waals surface area contributed by atoms with Crippen LogP contribution in [-0.4, -0.2) is 30.3 Å². The third-order valence-electron chi connectivity index (χ3n) is 2.86. The highest BCUT2D eigenvalue weighted by molar-refractivity contribution is 5.25. The largest absolute Gasteiger partial charge is 0.342 e. The van der Waals surface area contributed by atoms with Crippen LogP contribution < -0.4 is 10.2 Å². The SMILES string of the molecule is CCN(C)c1noc([C@@H]2CCCCN2)n1. The second-order valence-corrected chi connectivity index (χ2v) is 3.95. The lowest BCUT2D eigenvalue weighted by molar-refractivity contribution is 0.297. The Morgan fingerprint density at radius 3 is 3.07 bits per heavy atom. The molecule has 1 atom stereocenters. The fourth-order valence-electron chi connectivity index (χ4n) is 1.73. The molecular weight excluding hydrogens is 192 g/mol. The summed E-state index contributed by atoms with van der Waals surface area (Å²) in [6.45, 7) is 4.00. The second-order valence-electron chi connectivity index (χ2n) is 3.95. The van der Waals surface area contributed by atoms with E-state index in [4.69, 9.17) is 4.52 Å². The molecule has 5 nitrogen and oxygen atoms in total. The van der Waals surface area contributed by atoms with Gasteiger partial charge in [-0.15, -0.1) is 0 Å². The Kier molecular flexibility index (Phi) is 3.20. The molecule has 0 bridgehead atoms. The first-order valence-corrected chi connectivity index (χ1v) is 5.59. The molecule has 0 radical (unpaired) electrons. The predicted octanol–water partition coefficient (Wildman–Crippen LogP) is 1.34. The van der Waals surface area contributed by atoms with E-state index in [0.717, 1.165) is 25.4 Å². The van der Waals surface area contributed by atoms with Crippen LogP contribution in [0.3, 0.4) is 0 Å². The van der Waals surface area contributed by atoms with E-state index < -0.39 is 0 Å². The molecule has 2 heterocycles. The van der Waals surface area contributed by atoms with E-state index in [2.05, 4.69) is 22.4 Å². The molecule has 1 N–H and O–H groups in total. The first-order chi connectivity index (χ1) is 7.31. The Morgan fingerprint density at radius 2 is 2.40 bits per heavy atom. The minimum absolute atomic E-state index is 0.255. The van der Waals surface area contributed by atoms with Gasteiger partial charge in [-0.05, 0) is 31.5 Å². The molecule has 2 rings (SSSR count). The maximum atomic E-state index is 5.26. The fourth-order valence-corrected chi connectivity index (χ4v) is 1.73. The standard InChI is InChI=1S/C10H18N4O/c1-3-14(2)10-12-9(15-13-10)8-6-4-5-7-11-8/h8,11H,3-7H2,1-2H3/t8-/m0/s1. The van der Waals surface area contributed by atoms with Crippen LogP contribution in [0, 0.1) is 0 Å². The van der Waals surface area contributed by atoms with E-state index in [1.807, 2.05) is 11.9 Å². The topological polar surface area (TPSA) is 54.2 Å². The van der Waals surface area contributed by atoms with E-state index in [9.17, 15) is 0 Å². The summed E-state index contributed by atoms with van der Waals surface area (Å²) in [4.78, 5) is 6.36. The summed E-state index contributed by atoms with van der Waals surface area (Å²) in [5, 5.41) is 7.35. The van der Waals surface area contributed by atoms with Crippen molar-refractivity contribution in [3.05, 3.63) is 5.89 Å². The lowest BCUT2D eigenvalue weighted by Crippen LogP contribution is -2.27. The molecular formula is C10H18N4O. The normalized spacial score (nSPS) is 21.6. The van der Waals surface area contributed by atoms with Gasteiger partial charge in [0, 0.05) is 13.6 Å². The van der Waals surface area contributed by atoms with E-state index in [-0.39, 0.29) is 6.04 Å². The third kappa shape index (κ3) is 2.28. The molecule has 15 heavy (non-hydrogen) atoms. The molecule has 1 aromatic heterocycles. The summed E-state index contributed by atoms with van der Waals surface area (Å²) in [5.74, 6) is 1.41. The summed E-state index contributed by atoms with van der Waals surface area (Å²) in [5.41, 5.74) is 0. The van der Waals surface area contributed by atoms with Gasteiger partial charge in [-0.25, -0.2) is 0 Å². The van der Waals surface area contributed by atoms with Gasteiger partial charge in [-0.2, -0.15) is 4.98 Å². The van der Waals surface area contributed by atoms with Crippen molar-refractivity contribution >= 4 is 5.95 Å². The minimum atomic E-state index is 0.255. The summed E-state index contributed by atoms with van der Waals surface area (Å²) >= 11 is 0. The van der Waals surface area contributed by atoms with E-state index >= 15 is 0 Å². The maximum Gasteiger partial charge on any atom is 0.265 e.